The van der Waals surface area contributed by atoms with Crippen molar-refractivity contribution in [3.63, 3.8) is 0 Å². The molecule has 0 spiro atoms. The largest absolute Gasteiger partial charge is 0.497 e. The van der Waals surface area contributed by atoms with Crippen molar-refractivity contribution in [2.24, 2.45) is 5.73 Å². The third-order valence-corrected chi connectivity index (χ3v) is 7.83. The van der Waals surface area contributed by atoms with E-state index in [1.807, 2.05) is 12.1 Å². The summed E-state index contributed by atoms with van der Waals surface area (Å²) in [5.74, 6) is -0.136. The normalized spacial score (nSPS) is 22.1. The number of benzene rings is 1. The second-order valence-corrected chi connectivity index (χ2v) is 10.0. The fourth-order valence-electron chi connectivity index (χ4n) is 4.48. The van der Waals surface area contributed by atoms with Gasteiger partial charge in [0.1, 0.15) is 11.8 Å². The number of amides is 1. The molecule has 2 aliphatic rings. The first-order chi connectivity index (χ1) is 15.3. The molecule has 1 amide bonds. The Hall–Kier alpha value is -2.82. The lowest BCUT2D eigenvalue weighted by molar-refractivity contribution is -0.137. The molecule has 2 saturated heterocycles. The van der Waals surface area contributed by atoms with E-state index >= 15 is 0 Å². The number of ether oxygens (including phenoxy) is 1. The van der Waals surface area contributed by atoms with Crippen LogP contribution in [0, 0.1) is 0 Å². The van der Waals surface area contributed by atoms with Crippen LogP contribution in [0.3, 0.4) is 0 Å². The molecule has 2 N–H and O–H groups in total. The Labute approximate surface area is 187 Å². The van der Waals surface area contributed by atoms with Crippen LogP contribution in [0.25, 0.3) is 0 Å². The second kappa shape index (κ2) is 8.97. The highest BCUT2D eigenvalue weighted by atomic mass is 32.2. The lowest BCUT2D eigenvalue weighted by Gasteiger charge is -2.26. The van der Waals surface area contributed by atoms with Crippen LogP contribution in [-0.2, 0) is 31.8 Å². The first-order valence-corrected chi connectivity index (χ1v) is 12.0. The van der Waals surface area contributed by atoms with Crippen LogP contribution in [0.4, 0.5) is 0 Å². The zero-order chi connectivity index (χ0) is 22.9. The summed E-state index contributed by atoms with van der Waals surface area (Å²) in [5, 5.41) is 0. The summed E-state index contributed by atoms with van der Waals surface area (Å²) in [4.78, 5) is 31.2. The number of nitrogens with two attached hydrogens (primary N) is 1. The average molecular weight is 459 g/mol. The summed E-state index contributed by atoms with van der Waals surface area (Å²) < 4.78 is 32.4. The number of aromatic nitrogens is 1. The highest BCUT2D eigenvalue weighted by Gasteiger charge is 2.53. The van der Waals surface area contributed by atoms with E-state index in [1.54, 1.807) is 37.6 Å². The van der Waals surface area contributed by atoms with Gasteiger partial charge in [-0.3, -0.25) is 14.6 Å². The van der Waals surface area contributed by atoms with E-state index < -0.39 is 28.1 Å². The number of likely N-dealkylation sites (tertiary alicyclic amines) is 1. The van der Waals surface area contributed by atoms with E-state index in [9.17, 15) is 18.0 Å². The molecule has 0 aliphatic carbocycles. The molecule has 1 aromatic carbocycles. The molecule has 1 aromatic heterocycles. The van der Waals surface area contributed by atoms with Gasteiger partial charge < -0.3 is 15.4 Å². The lowest BCUT2D eigenvalue weighted by Crippen LogP contribution is -2.50. The molecular weight excluding hydrogens is 432 g/mol. The molecule has 2 aliphatic heterocycles. The van der Waals surface area contributed by atoms with Gasteiger partial charge in [0.05, 0.1) is 31.5 Å². The van der Waals surface area contributed by atoms with Crippen LogP contribution in [0.15, 0.2) is 48.8 Å². The number of Topliss-reactive ketones (excluding diaryl/α,β-unsaturated/α-hetero) is 1. The van der Waals surface area contributed by atoms with Crippen molar-refractivity contribution in [3.8, 4) is 5.75 Å². The Kier molecular flexibility index (Phi) is 6.27. The van der Waals surface area contributed by atoms with Gasteiger partial charge in [0.15, 0.2) is 5.78 Å². The summed E-state index contributed by atoms with van der Waals surface area (Å²) in [6.07, 6.45) is 3.79. The number of rotatable bonds is 7. The van der Waals surface area contributed by atoms with E-state index in [2.05, 4.69) is 4.98 Å². The number of carbonyl (C=O) groups is 2. The second-order valence-electron chi connectivity index (χ2n) is 8.12. The maximum atomic E-state index is 13.1. The number of pyridine rings is 1. The molecule has 4 rings (SSSR count). The summed E-state index contributed by atoms with van der Waals surface area (Å²) in [5.41, 5.74) is 7.61. The predicted octanol–water partition coefficient (Wildman–Crippen LogP) is 0.344. The predicted molar refractivity (Wildman–Crippen MR) is 117 cm³/mol. The van der Waals surface area contributed by atoms with Crippen molar-refractivity contribution in [1.29, 1.82) is 0 Å². The first-order valence-electron chi connectivity index (χ1n) is 10.4. The van der Waals surface area contributed by atoms with Crippen molar-refractivity contribution in [1.82, 2.24) is 14.2 Å². The van der Waals surface area contributed by atoms with Gasteiger partial charge in [-0.1, -0.05) is 18.2 Å². The van der Waals surface area contributed by atoms with Crippen molar-refractivity contribution in [2.75, 3.05) is 20.2 Å². The van der Waals surface area contributed by atoms with Gasteiger partial charge in [0.2, 0.25) is 15.9 Å². The minimum Gasteiger partial charge on any atom is -0.497 e. The number of methoxy groups -OCH3 is 1. The molecule has 0 radical (unpaired) electrons. The minimum atomic E-state index is -3.73. The van der Waals surface area contributed by atoms with Gasteiger partial charge in [-0.15, -0.1) is 0 Å². The lowest BCUT2D eigenvalue weighted by atomic mass is 10.0. The number of hydrogen-bond donors (Lipinski definition) is 1. The smallest absolute Gasteiger partial charge is 0.240 e. The Balaban J connectivity index is 1.45. The van der Waals surface area contributed by atoms with Crippen LogP contribution in [0.1, 0.15) is 17.5 Å². The number of nitrogens with zero attached hydrogens (tertiary/aromatic N) is 3. The highest BCUT2D eigenvalue weighted by molar-refractivity contribution is 7.88. The molecule has 2 fully saturated rings. The number of carbonyl (C=O) groups excluding carboxylic acids is 2. The molecule has 9 nitrogen and oxygen atoms in total. The minimum absolute atomic E-state index is 0.227. The molecule has 32 heavy (non-hydrogen) atoms. The van der Waals surface area contributed by atoms with Gasteiger partial charge in [-0.2, -0.15) is 4.31 Å². The maximum Gasteiger partial charge on any atom is 0.240 e. The van der Waals surface area contributed by atoms with Crippen LogP contribution < -0.4 is 10.5 Å². The molecule has 3 unspecified atom stereocenters. The molecule has 3 atom stereocenters. The third-order valence-electron chi connectivity index (χ3n) is 6.02. The van der Waals surface area contributed by atoms with Gasteiger partial charge in [-0.05, 0) is 42.2 Å². The first kappa shape index (κ1) is 22.4. The summed E-state index contributed by atoms with van der Waals surface area (Å²) >= 11 is 0. The monoisotopic (exact) mass is 458 g/mol. The van der Waals surface area contributed by atoms with E-state index in [1.165, 1.54) is 15.4 Å². The van der Waals surface area contributed by atoms with Crippen molar-refractivity contribution >= 4 is 21.7 Å². The zero-order valence-electron chi connectivity index (χ0n) is 17.8. The van der Waals surface area contributed by atoms with Crippen molar-refractivity contribution < 1.29 is 22.7 Å². The fourth-order valence-corrected chi connectivity index (χ4v) is 6.19. The molecule has 170 valence electrons. The van der Waals surface area contributed by atoms with Crippen LogP contribution in [0.2, 0.25) is 0 Å². The van der Waals surface area contributed by atoms with Crippen LogP contribution >= 0.6 is 0 Å². The van der Waals surface area contributed by atoms with Crippen LogP contribution in [-0.4, -0.2) is 72.6 Å². The Bertz CT molecular complexity index is 1090. The summed E-state index contributed by atoms with van der Waals surface area (Å²) in [7, 11) is -2.16. The van der Waals surface area contributed by atoms with Gasteiger partial charge >= 0.3 is 0 Å². The number of sulfonamides is 1. The third kappa shape index (κ3) is 4.38. The Morgan fingerprint density at radius 3 is 2.66 bits per heavy atom. The molecule has 0 bridgehead atoms. The van der Waals surface area contributed by atoms with E-state index in [4.69, 9.17) is 10.5 Å². The zero-order valence-corrected chi connectivity index (χ0v) is 18.6. The number of ketones is 1. The molecule has 2 aromatic rings. The standard InChI is InChI=1S/C22H26N4O5S/c1-31-17-6-4-15(5-7-17)11-18(23)22(28)25-10-8-19-21(25)20(27)13-26(19)32(29,30)14-16-3-2-9-24-12-16/h2-7,9,12,18-19,21H,8,10-11,13-14,23H2,1H3. The Morgan fingerprint density at radius 1 is 1.25 bits per heavy atom. The topological polar surface area (TPSA) is 123 Å². The highest BCUT2D eigenvalue weighted by Crippen LogP contribution is 2.33. The molecular formula is C22H26N4O5S. The number of fused-ring (bicyclic) bond motifs is 1. The summed E-state index contributed by atoms with van der Waals surface area (Å²) in [6.45, 7) is 0.0740. The molecule has 0 saturated carbocycles. The molecule has 3 heterocycles. The van der Waals surface area contributed by atoms with Gasteiger partial charge in [0, 0.05) is 18.9 Å². The quantitative estimate of drug-likeness (QED) is 0.635. The molecule has 10 heteroatoms. The van der Waals surface area contributed by atoms with E-state index in [-0.39, 0.29) is 24.0 Å². The van der Waals surface area contributed by atoms with Crippen molar-refractivity contribution in [3.05, 3.63) is 59.9 Å². The van der Waals surface area contributed by atoms with Crippen LogP contribution in [0.5, 0.6) is 5.75 Å². The van der Waals surface area contributed by atoms with Gasteiger partial charge in [0.25, 0.3) is 0 Å². The Morgan fingerprint density at radius 2 is 2.00 bits per heavy atom. The fraction of sp³-hybridized carbons (Fsp3) is 0.409. The van der Waals surface area contributed by atoms with Gasteiger partial charge in [-0.25, -0.2) is 8.42 Å². The number of hydrogen-bond acceptors (Lipinski definition) is 7. The maximum absolute atomic E-state index is 13.1. The average Bonchev–Trinajstić information content (AvgIpc) is 3.36. The SMILES string of the molecule is COc1ccc(CC(N)C(=O)N2CCC3C2C(=O)CN3S(=O)(=O)Cc2cccnc2)cc1. The van der Waals surface area contributed by atoms with E-state index in [0.29, 0.717) is 30.7 Å². The van der Waals surface area contributed by atoms with Crippen molar-refractivity contribution in [2.45, 2.75) is 36.7 Å². The van der Waals surface area contributed by atoms with E-state index in [0.717, 1.165) is 5.56 Å². The summed E-state index contributed by atoms with van der Waals surface area (Å²) in [6, 6.07) is 8.46.